The van der Waals surface area contributed by atoms with Crippen LogP contribution < -0.4 is 10.5 Å². The lowest BCUT2D eigenvalue weighted by atomic mass is 9.87. The molecular weight excluding hydrogens is 155 g/mol. The number of hydrogen-bond donors (Lipinski definition) is 1. The Hall–Kier alpha value is -0.505. The fourth-order valence-corrected chi connectivity index (χ4v) is 1.70. The zero-order chi connectivity index (χ0) is 8.65. The summed E-state index contributed by atoms with van der Waals surface area (Å²) in [6, 6.07) is 0. The number of aromatic nitrogens is 1. The van der Waals surface area contributed by atoms with Crippen LogP contribution in [0.2, 0.25) is 0 Å². The molecule has 1 aromatic heterocycles. The molecule has 0 saturated carbocycles. The van der Waals surface area contributed by atoms with Gasteiger partial charge in [0.25, 0.3) is 0 Å². The van der Waals surface area contributed by atoms with Crippen molar-refractivity contribution in [2.24, 2.45) is 0 Å². The summed E-state index contributed by atoms with van der Waals surface area (Å²) in [6.07, 6.45) is 0. The van der Waals surface area contributed by atoms with Crippen molar-refractivity contribution in [3.8, 4) is 0 Å². The van der Waals surface area contributed by atoms with Crippen LogP contribution in [0.3, 0.4) is 0 Å². The largest absolute Gasteiger partial charge is 0.375 e. The van der Waals surface area contributed by atoms with Crippen molar-refractivity contribution < 1.29 is 0 Å². The summed E-state index contributed by atoms with van der Waals surface area (Å²) < 4.78 is 0.731. The van der Waals surface area contributed by atoms with Gasteiger partial charge in [-0.1, -0.05) is 20.8 Å². The second kappa shape index (κ2) is 2.52. The smallest absolute Gasteiger partial charge is 0.179 e. The van der Waals surface area contributed by atoms with E-state index in [-0.39, 0.29) is 5.41 Å². The van der Waals surface area contributed by atoms with Crippen LogP contribution in [0.25, 0.3) is 0 Å². The van der Waals surface area contributed by atoms with Gasteiger partial charge in [0.05, 0.1) is 5.69 Å². The van der Waals surface area contributed by atoms with Crippen molar-refractivity contribution in [3.05, 3.63) is 5.69 Å². The number of rotatable bonds is 0. The van der Waals surface area contributed by atoms with Gasteiger partial charge >= 0.3 is 0 Å². The fraction of sp³-hybridized carbons (Fsp3) is 0.571. The van der Waals surface area contributed by atoms with Crippen molar-refractivity contribution in [1.29, 1.82) is 0 Å². The zero-order valence-corrected chi connectivity index (χ0v) is 7.83. The van der Waals surface area contributed by atoms with E-state index in [1.807, 2.05) is 0 Å². The SMILES string of the molecule is [B]c1sc(N)nc1C(C)(C)C. The van der Waals surface area contributed by atoms with Crippen molar-refractivity contribution in [3.63, 3.8) is 0 Å². The average molecular weight is 166 g/mol. The van der Waals surface area contributed by atoms with Gasteiger partial charge in [0, 0.05) is 5.41 Å². The van der Waals surface area contributed by atoms with Crippen LogP contribution in [0, 0.1) is 0 Å². The molecule has 0 bridgehead atoms. The Kier molecular flexibility index (Phi) is 1.97. The van der Waals surface area contributed by atoms with E-state index in [9.17, 15) is 0 Å². The van der Waals surface area contributed by atoms with Gasteiger partial charge in [-0.05, 0) is 4.78 Å². The first-order valence-corrected chi connectivity index (χ1v) is 4.25. The Balaban J connectivity index is 3.13. The van der Waals surface area contributed by atoms with Crippen LogP contribution >= 0.6 is 11.3 Å². The number of nitrogen functional groups attached to an aromatic ring is 1. The zero-order valence-electron chi connectivity index (χ0n) is 7.01. The Morgan fingerprint density at radius 2 is 2.00 bits per heavy atom. The van der Waals surface area contributed by atoms with Gasteiger partial charge in [-0.2, -0.15) is 0 Å². The topological polar surface area (TPSA) is 38.9 Å². The van der Waals surface area contributed by atoms with E-state index in [1.165, 1.54) is 11.3 Å². The summed E-state index contributed by atoms with van der Waals surface area (Å²) in [5, 5.41) is 0.549. The van der Waals surface area contributed by atoms with Crippen molar-refractivity contribution in [2.75, 3.05) is 5.73 Å². The van der Waals surface area contributed by atoms with Crippen LogP contribution in [0.15, 0.2) is 0 Å². The standard InChI is InChI=1S/C7H11BN2S/c1-7(2,3)4-5(8)11-6(9)10-4/h1-3H3,(H2,9,10). The van der Waals surface area contributed by atoms with Gasteiger partial charge in [0.1, 0.15) is 7.85 Å². The maximum absolute atomic E-state index is 5.70. The molecule has 0 saturated heterocycles. The quantitative estimate of drug-likeness (QED) is 0.579. The number of nitrogens with zero attached hydrogens (tertiary/aromatic N) is 1. The summed E-state index contributed by atoms with van der Waals surface area (Å²) in [5.41, 5.74) is 6.40. The molecule has 0 aliphatic carbocycles. The highest BCUT2D eigenvalue weighted by Crippen LogP contribution is 2.21. The van der Waals surface area contributed by atoms with E-state index in [0.717, 1.165) is 10.5 Å². The van der Waals surface area contributed by atoms with Gasteiger partial charge in [0.15, 0.2) is 5.13 Å². The minimum atomic E-state index is -0.00178. The monoisotopic (exact) mass is 166 g/mol. The number of hydrogen-bond acceptors (Lipinski definition) is 3. The molecule has 11 heavy (non-hydrogen) atoms. The fourth-order valence-electron chi connectivity index (χ4n) is 0.886. The van der Waals surface area contributed by atoms with Crippen molar-refractivity contribution in [2.45, 2.75) is 26.2 Å². The lowest BCUT2D eigenvalue weighted by Crippen LogP contribution is -2.20. The van der Waals surface area contributed by atoms with Crippen LogP contribution in [0.5, 0.6) is 0 Å². The molecule has 4 heteroatoms. The summed E-state index contributed by atoms with van der Waals surface area (Å²) in [7, 11) is 5.70. The van der Waals surface area contributed by atoms with Crippen LogP contribution in [0.4, 0.5) is 5.13 Å². The van der Waals surface area contributed by atoms with Gasteiger partial charge in [0.2, 0.25) is 0 Å². The molecule has 0 fully saturated rings. The third-order valence-corrected chi connectivity index (χ3v) is 2.09. The molecule has 0 atom stereocenters. The average Bonchev–Trinajstić information content (AvgIpc) is 2.08. The predicted molar refractivity (Wildman–Crippen MR) is 50.6 cm³/mol. The molecule has 0 spiro atoms. The molecule has 2 N–H and O–H groups in total. The molecule has 0 amide bonds. The number of thiazole rings is 1. The molecule has 0 unspecified atom stereocenters. The van der Waals surface area contributed by atoms with Gasteiger partial charge < -0.3 is 5.73 Å². The summed E-state index contributed by atoms with van der Waals surface area (Å²) in [6.45, 7) is 6.20. The third-order valence-electron chi connectivity index (χ3n) is 1.38. The van der Waals surface area contributed by atoms with Crippen molar-refractivity contribution in [1.82, 2.24) is 4.98 Å². The minimum Gasteiger partial charge on any atom is -0.375 e. The molecule has 1 heterocycles. The van der Waals surface area contributed by atoms with Gasteiger partial charge in [-0.25, -0.2) is 4.98 Å². The third kappa shape index (κ3) is 1.74. The van der Waals surface area contributed by atoms with Crippen LogP contribution in [-0.2, 0) is 5.41 Å². The molecule has 2 nitrogen and oxygen atoms in total. The number of anilines is 1. The highest BCUT2D eigenvalue weighted by atomic mass is 32.1. The van der Waals surface area contributed by atoms with E-state index in [1.54, 1.807) is 0 Å². The van der Waals surface area contributed by atoms with E-state index in [0.29, 0.717) is 5.13 Å². The van der Waals surface area contributed by atoms with E-state index >= 15 is 0 Å². The van der Waals surface area contributed by atoms with Crippen molar-refractivity contribution >= 4 is 29.1 Å². The molecule has 1 aromatic rings. The molecule has 0 aromatic carbocycles. The first-order valence-electron chi connectivity index (χ1n) is 3.43. The molecule has 1 rings (SSSR count). The molecule has 0 aliphatic rings. The second-order valence-electron chi connectivity index (χ2n) is 3.51. The van der Waals surface area contributed by atoms with Crippen LogP contribution in [-0.4, -0.2) is 12.8 Å². The molecule has 0 aliphatic heterocycles. The summed E-state index contributed by atoms with van der Waals surface area (Å²) in [4.78, 5) is 4.15. The Labute approximate surface area is 72.2 Å². The first kappa shape index (κ1) is 8.59. The lowest BCUT2D eigenvalue weighted by molar-refractivity contribution is 0.577. The van der Waals surface area contributed by atoms with E-state index in [4.69, 9.17) is 13.6 Å². The van der Waals surface area contributed by atoms with E-state index in [2.05, 4.69) is 25.8 Å². The highest BCUT2D eigenvalue weighted by molar-refractivity contribution is 7.23. The number of nitrogens with two attached hydrogens (primary N) is 1. The first-order chi connectivity index (χ1) is 4.91. The lowest BCUT2D eigenvalue weighted by Gasteiger charge is -2.16. The van der Waals surface area contributed by atoms with Gasteiger partial charge in [-0.15, -0.1) is 11.3 Å². The Morgan fingerprint density at radius 3 is 2.18 bits per heavy atom. The normalized spacial score (nSPS) is 11.9. The molecule has 2 radical (unpaired) electrons. The Morgan fingerprint density at radius 1 is 1.45 bits per heavy atom. The molecular formula is C7H11BN2S. The maximum atomic E-state index is 5.70. The summed E-state index contributed by atoms with van der Waals surface area (Å²) >= 11 is 1.34. The molecule has 58 valence electrons. The Bertz CT molecular complexity index is 262. The minimum absolute atomic E-state index is 0.00178. The van der Waals surface area contributed by atoms with Gasteiger partial charge in [-0.3, -0.25) is 0 Å². The highest BCUT2D eigenvalue weighted by Gasteiger charge is 2.19. The maximum Gasteiger partial charge on any atom is 0.179 e. The summed E-state index contributed by atoms with van der Waals surface area (Å²) in [5.74, 6) is 0. The van der Waals surface area contributed by atoms with E-state index < -0.39 is 0 Å². The van der Waals surface area contributed by atoms with Crippen LogP contribution in [0.1, 0.15) is 26.5 Å². The second-order valence-corrected chi connectivity index (χ2v) is 4.58. The predicted octanol–water partition coefficient (Wildman–Crippen LogP) is 0.817.